The van der Waals surface area contributed by atoms with Gasteiger partial charge in [0, 0.05) is 43.3 Å². The monoisotopic (exact) mass is 425 g/mol. The van der Waals surface area contributed by atoms with Crippen molar-refractivity contribution in [2.75, 3.05) is 37.7 Å². The average molecular weight is 426 g/mol. The van der Waals surface area contributed by atoms with Gasteiger partial charge in [-0.05, 0) is 24.6 Å². The van der Waals surface area contributed by atoms with Crippen molar-refractivity contribution in [3.63, 3.8) is 0 Å². The summed E-state index contributed by atoms with van der Waals surface area (Å²) < 4.78 is 29.0. The van der Waals surface area contributed by atoms with Gasteiger partial charge in [0.15, 0.2) is 15.6 Å². The molecule has 0 saturated carbocycles. The van der Waals surface area contributed by atoms with E-state index in [-0.39, 0.29) is 23.5 Å². The molecule has 2 saturated heterocycles. The zero-order valence-corrected chi connectivity index (χ0v) is 17.3. The fourth-order valence-electron chi connectivity index (χ4n) is 4.41. The number of carbonyl (C=O) groups is 1. The highest BCUT2D eigenvalue weighted by atomic mass is 32.2. The number of amides is 1. The molecule has 156 valence electrons. The number of nitrogens with zero attached hydrogens (tertiary/aromatic N) is 3. The van der Waals surface area contributed by atoms with E-state index < -0.39 is 9.84 Å². The third-order valence-electron chi connectivity index (χ3n) is 6.09. The molecule has 3 aromatic rings. The summed E-state index contributed by atoms with van der Waals surface area (Å²) in [5, 5.41) is 4.94. The number of benzene rings is 2. The van der Waals surface area contributed by atoms with Crippen molar-refractivity contribution in [3.05, 3.63) is 54.1 Å². The Hall–Kier alpha value is -2.71. The molecule has 8 heteroatoms. The fraction of sp³-hybridized carbons (Fsp3) is 0.364. The molecule has 2 aliphatic rings. The average Bonchev–Trinajstić information content (AvgIpc) is 3.36. The summed E-state index contributed by atoms with van der Waals surface area (Å²) in [4.78, 5) is 17.2. The SMILES string of the molecule is O=C(c1ccc2noc(-c3ccccc3)c2c1)N1CCN([C@@H]2CCS(=O)(=O)C2)CC1. The lowest BCUT2D eigenvalue weighted by molar-refractivity contribution is 0.0588. The minimum Gasteiger partial charge on any atom is -0.355 e. The van der Waals surface area contributed by atoms with Gasteiger partial charge in [-0.15, -0.1) is 0 Å². The van der Waals surface area contributed by atoms with E-state index in [2.05, 4.69) is 10.1 Å². The fourth-order valence-corrected chi connectivity index (χ4v) is 6.17. The van der Waals surface area contributed by atoms with Gasteiger partial charge in [-0.25, -0.2) is 8.42 Å². The maximum Gasteiger partial charge on any atom is 0.253 e. The van der Waals surface area contributed by atoms with Crippen LogP contribution in [0.1, 0.15) is 16.8 Å². The van der Waals surface area contributed by atoms with Crippen molar-refractivity contribution in [3.8, 4) is 11.3 Å². The normalized spacial score (nSPS) is 21.9. The van der Waals surface area contributed by atoms with E-state index in [1.807, 2.05) is 47.4 Å². The Kier molecular flexibility index (Phi) is 4.83. The van der Waals surface area contributed by atoms with Crippen molar-refractivity contribution < 1.29 is 17.7 Å². The van der Waals surface area contributed by atoms with Crippen molar-refractivity contribution in [1.82, 2.24) is 15.0 Å². The van der Waals surface area contributed by atoms with Gasteiger partial charge in [-0.3, -0.25) is 9.69 Å². The number of hydrogen-bond donors (Lipinski definition) is 0. The van der Waals surface area contributed by atoms with Crippen LogP contribution in [0.3, 0.4) is 0 Å². The number of hydrogen-bond acceptors (Lipinski definition) is 6. The number of aromatic nitrogens is 1. The minimum absolute atomic E-state index is 0.0178. The number of rotatable bonds is 3. The third kappa shape index (κ3) is 3.61. The first-order valence-electron chi connectivity index (χ1n) is 10.2. The van der Waals surface area contributed by atoms with Crippen molar-refractivity contribution >= 4 is 26.6 Å². The molecular formula is C22H23N3O4S. The zero-order valence-electron chi connectivity index (χ0n) is 16.5. The second kappa shape index (κ2) is 7.52. The first-order chi connectivity index (χ1) is 14.5. The van der Waals surface area contributed by atoms with Gasteiger partial charge in [0.2, 0.25) is 0 Å². The first-order valence-corrected chi connectivity index (χ1v) is 12.0. The molecular weight excluding hydrogens is 402 g/mol. The molecule has 1 amide bonds. The number of piperazine rings is 1. The predicted molar refractivity (Wildman–Crippen MR) is 114 cm³/mol. The molecule has 3 heterocycles. The van der Waals surface area contributed by atoms with Crippen molar-refractivity contribution in [2.45, 2.75) is 12.5 Å². The molecule has 2 fully saturated rings. The van der Waals surface area contributed by atoms with E-state index in [1.54, 1.807) is 6.07 Å². The summed E-state index contributed by atoms with van der Waals surface area (Å²) in [7, 11) is -2.90. The van der Waals surface area contributed by atoms with Gasteiger partial charge in [0.25, 0.3) is 5.91 Å². The van der Waals surface area contributed by atoms with Crippen LogP contribution in [0, 0.1) is 0 Å². The molecule has 2 aliphatic heterocycles. The van der Waals surface area contributed by atoms with Gasteiger partial charge in [0.05, 0.1) is 16.9 Å². The molecule has 7 nitrogen and oxygen atoms in total. The Labute approximate surface area is 175 Å². The van der Waals surface area contributed by atoms with Gasteiger partial charge in [-0.1, -0.05) is 35.5 Å². The molecule has 5 rings (SSSR count). The van der Waals surface area contributed by atoms with E-state index in [4.69, 9.17) is 4.52 Å². The molecule has 30 heavy (non-hydrogen) atoms. The minimum atomic E-state index is -2.90. The Morgan fingerprint density at radius 1 is 1.03 bits per heavy atom. The Morgan fingerprint density at radius 2 is 1.80 bits per heavy atom. The third-order valence-corrected chi connectivity index (χ3v) is 7.84. The summed E-state index contributed by atoms with van der Waals surface area (Å²) >= 11 is 0. The van der Waals surface area contributed by atoms with Crippen LogP contribution in [-0.2, 0) is 9.84 Å². The van der Waals surface area contributed by atoms with Crippen LogP contribution >= 0.6 is 0 Å². The lowest BCUT2D eigenvalue weighted by atomic mass is 10.1. The highest BCUT2D eigenvalue weighted by Gasteiger charge is 2.34. The van der Waals surface area contributed by atoms with Crippen LogP contribution in [-0.4, -0.2) is 73.0 Å². The highest BCUT2D eigenvalue weighted by Crippen LogP contribution is 2.29. The van der Waals surface area contributed by atoms with Crippen LogP contribution in [0.15, 0.2) is 53.1 Å². The van der Waals surface area contributed by atoms with Crippen molar-refractivity contribution in [1.29, 1.82) is 0 Å². The van der Waals surface area contributed by atoms with E-state index >= 15 is 0 Å². The number of fused-ring (bicyclic) bond motifs is 1. The number of sulfone groups is 1. The second-order valence-corrected chi connectivity index (χ2v) is 10.2. The molecule has 0 bridgehead atoms. The van der Waals surface area contributed by atoms with Gasteiger partial charge >= 0.3 is 0 Å². The van der Waals surface area contributed by atoms with Crippen LogP contribution in [0.25, 0.3) is 22.2 Å². The van der Waals surface area contributed by atoms with Crippen molar-refractivity contribution in [2.24, 2.45) is 0 Å². The molecule has 2 aromatic carbocycles. The zero-order chi connectivity index (χ0) is 20.7. The molecule has 1 aromatic heterocycles. The predicted octanol–water partition coefficient (Wildman–Crippen LogP) is 2.44. The van der Waals surface area contributed by atoms with Crippen LogP contribution in [0.5, 0.6) is 0 Å². The lowest BCUT2D eigenvalue weighted by Gasteiger charge is -2.37. The standard InChI is InChI=1S/C22H23N3O4S/c26-22(25-11-9-24(10-12-25)18-8-13-30(27,28)15-18)17-6-7-20-19(14-17)21(29-23-20)16-4-2-1-3-5-16/h1-7,14,18H,8-13,15H2/t18-/m1/s1. The first kappa shape index (κ1) is 19.3. The maximum atomic E-state index is 13.1. The molecule has 1 atom stereocenters. The van der Waals surface area contributed by atoms with E-state index in [1.165, 1.54) is 0 Å². The summed E-state index contributed by atoms with van der Waals surface area (Å²) in [5.74, 6) is 1.16. The largest absolute Gasteiger partial charge is 0.355 e. The van der Waals surface area contributed by atoms with E-state index in [0.717, 1.165) is 16.5 Å². The number of carbonyl (C=O) groups excluding carboxylic acids is 1. The van der Waals surface area contributed by atoms with E-state index in [9.17, 15) is 13.2 Å². The Balaban J connectivity index is 1.32. The molecule has 0 radical (unpaired) electrons. The van der Waals surface area contributed by atoms with Crippen LogP contribution in [0.2, 0.25) is 0 Å². The molecule has 0 N–H and O–H groups in total. The Bertz CT molecular complexity index is 1180. The molecule has 0 aliphatic carbocycles. The quantitative estimate of drug-likeness (QED) is 0.641. The Morgan fingerprint density at radius 3 is 2.50 bits per heavy atom. The smallest absolute Gasteiger partial charge is 0.253 e. The van der Waals surface area contributed by atoms with Crippen LogP contribution in [0.4, 0.5) is 0 Å². The van der Waals surface area contributed by atoms with Gasteiger partial charge in [0.1, 0.15) is 5.52 Å². The summed E-state index contributed by atoms with van der Waals surface area (Å²) in [5.41, 5.74) is 2.25. The summed E-state index contributed by atoms with van der Waals surface area (Å²) in [6.07, 6.45) is 0.697. The highest BCUT2D eigenvalue weighted by molar-refractivity contribution is 7.91. The van der Waals surface area contributed by atoms with E-state index in [0.29, 0.717) is 43.9 Å². The van der Waals surface area contributed by atoms with Crippen LogP contribution < -0.4 is 0 Å². The molecule has 0 spiro atoms. The van der Waals surface area contributed by atoms with Gasteiger partial charge in [-0.2, -0.15) is 0 Å². The second-order valence-electron chi connectivity index (χ2n) is 7.99. The summed E-state index contributed by atoms with van der Waals surface area (Å²) in [6.45, 7) is 2.61. The molecule has 0 unspecified atom stereocenters. The lowest BCUT2D eigenvalue weighted by Crippen LogP contribution is -2.52. The summed E-state index contributed by atoms with van der Waals surface area (Å²) in [6, 6.07) is 15.3. The topological polar surface area (TPSA) is 83.7 Å². The maximum absolute atomic E-state index is 13.1. The van der Waals surface area contributed by atoms with Gasteiger partial charge < -0.3 is 9.42 Å².